The van der Waals surface area contributed by atoms with E-state index in [1.54, 1.807) is 0 Å². The zero-order valence-corrected chi connectivity index (χ0v) is 9.20. The Bertz CT molecular complexity index is 238. The fourth-order valence-electron chi connectivity index (χ4n) is 2.02. The molecule has 0 amide bonds. The molecule has 1 heteroatoms. The Kier molecular flexibility index (Phi) is 4.64. The predicted octanol–water partition coefficient (Wildman–Crippen LogP) is 3.51. The van der Waals surface area contributed by atoms with Gasteiger partial charge in [-0.05, 0) is 32.6 Å². The number of carbonyl (C=O) groups is 1. The maximum absolute atomic E-state index is 12.0. The van der Waals surface area contributed by atoms with Crippen molar-refractivity contribution in [3.8, 4) is 0 Å². The van der Waals surface area contributed by atoms with Gasteiger partial charge in [-0.3, -0.25) is 4.79 Å². The number of rotatable bonds is 4. The summed E-state index contributed by atoms with van der Waals surface area (Å²) in [5.41, 5.74) is 0. The van der Waals surface area contributed by atoms with Crippen LogP contribution in [0.2, 0.25) is 0 Å². The summed E-state index contributed by atoms with van der Waals surface area (Å²) in [6, 6.07) is 0. The molecule has 1 rings (SSSR count). The molecule has 2 unspecified atom stereocenters. The first kappa shape index (κ1) is 11.2. The standard InChI is InChI=1S/C13H20O/c1-3-8-11(4-2)13(14)12-9-6-5-7-10-12/h3,5-6,8,11-12H,4,7,9-10H2,1-2H3. The minimum Gasteiger partial charge on any atom is -0.299 e. The second kappa shape index (κ2) is 5.79. The van der Waals surface area contributed by atoms with Gasteiger partial charge in [0.2, 0.25) is 0 Å². The van der Waals surface area contributed by atoms with Crippen LogP contribution in [0.25, 0.3) is 0 Å². The van der Waals surface area contributed by atoms with Crippen LogP contribution in [0.15, 0.2) is 24.3 Å². The summed E-state index contributed by atoms with van der Waals surface area (Å²) >= 11 is 0. The second-order valence-corrected chi connectivity index (χ2v) is 3.92. The first-order valence-corrected chi connectivity index (χ1v) is 5.61. The highest BCUT2D eigenvalue weighted by Gasteiger charge is 2.23. The maximum Gasteiger partial charge on any atom is 0.143 e. The lowest BCUT2D eigenvalue weighted by molar-refractivity contribution is -0.125. The molecule has 0 saturated heterocycles. The molecule has 0 saturated carbocycles. The molecular weight excluding hydrogens is 172 g/mol. The Balaban J connectivity index is 2.57. The largest absolute Gasteiger partial charge is 0.299 e. The van der Waals surface area contributed by atoms with Crippen molar-refractivity contribution in [3.63, 3.8) is 0 Å². The van der Waals surface area contributed by atoms with E-state index in [1.807, 2.05) is 19.1 Å². The van der Waals surface area contributed by atoms with Gasteiger partial charge in [0.05, 0.1) is 0 Å². The van der Waals surface area contributed by atoms with Gasteiger partial charge in [-0.25, -0.2) is 0 Å². The quantitative estimate of drug-likeness (QED) is 0.623. The zero-order valence-electron chi connectivity index (χ0n) is 9.20. The molecule has 0 spiro atoms. The summed E-state index contributed by atoms with van der Waals surface area (Å²) in [6.45, 7) is 4.07. The second-order valence-electron chi connectivity index (χ2n) is 3.92. The number of hydrogen-bond donors (Lipinski definition) is 0. The highest BCUT2D eigenvalue weighted by molar-refractivity contribution is 5.85. The lowest BCUT2D eigenvalue weighted by Gasteiger charge is -2.20. The number of ketones is 1. The average Bonchev–Trinajstić information content (AvgIpc) is 2.26. The van der Waals surface area contributed by atoms with E-state index in [-0.39, 0.29) is 11.8 Å². The molecule has 78 valence electrons. The Labute approximate surface area is 86.9 Å². The summed E-state index contributed by atoms with van der Waals surface area (Å²) in [7, 11) is 0. The topological polar surface area (TPSA) is 17.1 Å². The Hall–Kier alpha value is -0.850. The van der Waals surface area contributed by atoms with Gasteiger partial charge < -0.3 is 0 Å². The van der Waals surface area contributed by atoms with Crippen LogP contribution in [0.5, 0.6) is 0 Å². The molecule has 0 aromatic heterocycles. The average molecular weight is 192 g/mol. The van der Waals surface area contributed by atoms with Crippen LogP contribution in [0, 0.1) is 11.8 Å². The lowest BCUT2D eigenvalue weighted by Crippen LogP contribution is -2.22. The van der Waals surface area contributed by atoms with Gasteiger partial charge >= 0.3 is 0 Å². The Morgan fingerprint density at radius 3 is 2.86 bits per heavy atom. The minimum atomic E-state index is 0.150. The van der Waals surface area contributed by atoms with Crippen molar-refractivity contribution in [2.45, 2.75) is 39.5 Å². The third-order valence-corrected chi connectivity index (χ3v) is 2.90. The molecule has 1 aliphatic rings. The van der Waals surface area contributed by atoms with Crippen LogP contribution in [0.3, 0.4) is 0 Å². The molecule has 2 atom stereocenters. The summed E-state index contributed by atoms with van der Waals surface area (Å²) in [4.78, 5) is 12.0. The van der Waals surface area contributed by atoms with Crippen molar-refractivity contribution < 1.29 is 4.79 Å². The Morgan fingerprint density at radius 2 is 2.36 bits per heavy atom. The molecule has 1 nitrogen and oxygen atoms in total. The molecular formula is C13H20O. The molecule has 0 fully saturated rings. The molecule has 0 aliphatic heterocycles. The third kappa shape index (κ3) is 2.83. The van der Waals surface area contributed by atoms with Crippen molar-refractivity contribution in [1.82, 2.24) is 0 Å². The fourth-order valence-corrected chi connectivity index (χ4v) is 2.02. The van der Waals surface area contributed by atoms with Gasteiger partial charge in [-0.15, -0.1) is 0 Å². The van der Waals surface area contributed by atoms with Crippen LogP contribution < -0.4 is 0 Å². The van der Waals surface area contributed by atoms with E-state index in [0.717, 1.165) is 25.7 Å². The monoisotopic (exact) mass is 192 g/mol. The normalized spacial score (nSPS) is 24.0. The minimum absolute atomic E-state index is 0.150. The maximum atomic E-state index is 12.0. The van der Waals surface area contributed by atoms with Crippen molar-refractivity contribution in [2.75, 3.05) is 0 Å². The van der Waals surface area contributed by atoms with Crippen molar-refractivity contribution in [2.24, 2.45) is 11.8 Å². The first-order chi connectivity index (χ1) is 6.79. The van der Waals surface area contributed by atoms with Crippen LogP contribution in [0.4, 0.5) is 0 Å². The smallest absolute Gasteiger partial charge is 0.143 e. The van der Waals surface area contributed by atoms with Gasteiger partial charge in [0.1, 0.15) is 5.78 Å². The van der Waals surface area contributed by atoms with Gasteiger partial charge in [0.15, 0.2) is 0 Å². The summed E-state index contributed by atoms with van der Waals surface area (Å²) in [6.07, 6.45) is 12.4. The molecule has 0 N–H and O–H groups in total. The number of hydrogen-bond acceptors (Lipinski definition) is 1. The van der Waals surface area contributed by atoms with E-state index in [2.05, 4.69) is 19.1 Å². The van der Waals surface area contributed by atoms with Crippen molar-refractivity contribution in [1.29, 1.82) is 0 Å². The Morgan fingerprint density at radius 1 is 1.57 bits per heavy atom. The van der Waals surface area contributed by atoms with E-state index in [9.17, 15) is 4.79 Å². The molecule has 14 heavy (non-hydrogen) atoms. The number of carbonyl (C=O) groups excluding carboxylic acids is 1. The molecule has 0 heterocycles. The summed E-state index contributed by atoms with van der Waals surface area (Å²) in [5, 5.41) is 0. The van der Waals surface area contributed by atoms with Gasteiger partial charge in [0.25, 0.3) is 0 Å². The van der Waals surface area contributed by atoms with E-state index in [0.29, 0.717) is 5.78 Å². The van der Waals surface area contributed by atoms with Crippen LogP contribution in [0.1, 0.15) is 39.5 Å². The SMILES string of the molecule is CC=CC(CC)C(=O)C1CC=CCC1. The van der Waals surface area contributed by atoms with Crippen LogP contribution >= 0.6 is 0 Å². The zero-order chi connectivity index (χ0) is 10.4. The highest BCUT2D eigenvalue weighted by Crippen LogP contribution is 2.24. The summed E-state index contributed by atoms with van der Waals surface area (Å²) in [5.74, 6) is 0.868. The number of Topliss-reactive ketones (excluding diaryl/α,β-unsaturated/α-hetero) is 1. The molecule has 0 aromatic rings. The molecule has 0 aromatic carbocycles. The fraction of sp³-hybridized carbons (Fsp3) is 0.615. The van der Waals surface area contributed by atoms with Crippen LogP contribution in [-0.4, -0.2) is 5.78 Å². The third-order valence-electron chi connectivity index (χ3n) is 2.90. The van der Waals surface area contributed by atoms with Gasteiger partial charge in [-0.2, -0.15) is 0 Å². The van der Waals surface area contributed by atoms with E-state index in [4.69, 9.17) is 0 Å². The molecule has 1 aliphatic carbocycles. The summed E-state index contributed by atoms with van der Waals surface area (Å²) < 4.78 is 0. The molecule has 0 radical (unpaired) electrons. The van der Waals surface area contributed by atoms with Crippen molar-refractivity contribution >= 4 is 5.78 Å². The molecule has 0 bridgehead atoms. The predicted molar refractivity (Wildman–Crippen MR) is 60.1 cm³/mol. The number of allylic oxidation sites excluding steroid dienone is 4. The van der Waals surface area contributed by atoms with E-state index < -0.39 is 0 Å². The van der Waals surface area contributed by atoms with E-state index in [1.165, 1.54) is 0 Å². The van der Waals surface area contributed by atoms with E-state index >= 15 is 0 Å². The first-order valence-electron chi connectivity index (χ1n) is 5.61. The highest BCUT2D eigenvalue weighted by atomic mass is 16.1. The van der Waals surface area contributed by atoms with Gasteiger partial charge in [0, 0.05) is 11.8 Å². The lowest BCUT2D eigenvalue weighted by atomic mass is 9.83. The van der Waals surface area contributed by atoms with Gasteiger partial charge in [-0.1, -0.05) is 31.2 Å². The van der Waals surface area contributed by atoms with Crippen molar-refractivity contribution in [3.05, 3.63) is 24.3 Å². The van der Waals surface area contributed by atoms with Crippen LogP contribution in [-0.2, 0) is 4.79 Å².